The molecule has 3 heterocycles. The van der Waals surface area contributed by atoms with Gasteiger partial charge in [0.05, 0.1) is 53.9 Å². The van der Waals surface area contributed by atoms with Crippen LogP contribution in [0.1, 0.15) is 24.2 Å². The van der Waals surface area contributed by atoms with E-state index in [0.717, 1.165) is 16.5 Å². The minimum absolute atomic E-state index is 0.206. The number of aliphatic hydroxyl groups is 3. The third kappa shape index (κ3) is 3.47. The lowest BCUT2D eigenvalue weighted by atomic mass is 9.74. The van der Waals surface area contributed by atoms with E-state index < -0.39 is 11.8 Å². The smallest absolute Gasteiger partial charge is 0.172 e. The van der Waals surface area contributed by atoms with E-state index in [9.17, 15) is 15.3 Å². The zero-order chi connectivity index (χ0) is 21.6. The van der Waals surface area contributed by atoms with E-state index in [4.69, 9.17) is 5.73 Å². The van der Waals surface area contributed by atoms with Gasteiger partial charge in [0.15, 0.2) is 11.5 Å². The zero-order valence-corrected chi connectivity index (χ0v) is 16.6. The lowest BCUT2D eigenvalue weighted by Crippen LogP contribution is -2.51. The van der Waals surface area contributed by atoms with E-state index in [0.29, 0.717) is 35.7 Å². The van der Waals surface area contributed by atoms with Crippen molar-refractivity contribution in [2.45, 2.75) is 31.3 Å². The van der Waals surface area contributed by atoms with Crippen LogP contribution in [0.2, 0.25) is 0 Å². The first-order valence-corrected chi connectivity index (χ1v) is 10.0. The number of hydrogen-bond donors (Lipinski definition) is 4. The second-order valence-electron chi connectivity index (χ2n) is 7.91. The van der Waals surface area contributed by atoms with Gasteiger partial charge in [-0.1, -0.05) is 18.2 Å². The van der Waals surface area contributed by atoms with Gasteiger partial charge in [0.1, 0.15) is 0 Å². The SMILES string of the molecule is N[C@](O)(c1cccc(-c2ccc3cnn(-c4cncc(CO)n4)c3c2)n1)C1CC(O)C1. The predicted molar refractivity (Wildman–Crippen MR) is 113 cm³/mol. The van der Waals surface area contributed by atoms with E-state index >= 15 is 0 Å². The van der Waals surface area contributed by atoms with Gasteiger partial charge in [0, 0.05) is 16.9 Å². The summed E-state index contributed by atoms with van der Waals surface area (Å²) in [6.45, 7) is -0.206. The van der Waals surface area contributed by atoms with E-state index in [2.05, 4.69) is 20.1 Å². The maximum absolute atomic E-state index is 10.8. The average molecular weight is 418 g/mol. The first kappa shape index (κ1) is 19.7. The molecule has 0 bridgehead atoms. The van der Waals surface area contributed by atoms with Crippen LogP contribution in [0, 0.1) is 5.92 Å². The van der Waals surface area contributed by atoms with Crippen LogP contribution in [0.5, 0.6) is 0 Å². The summed E-state index contributed by atoms with van der Waals surface area (Å²) in [5, 5.41) is 35.1. The van der Waals surface area contributed by atoms with Crippen LogP contribution in [0.15, 0.2) is 55.0 Å². The van der Waals surface area contributed by atoms with Crippen molar-refractivity contribution in [3.63, 3.8) is 0 Å². The van der Waals surface area contributed by atoms with Crippen molar-refractivity contribution >= 4 is 10.9 Å². The van der Waals surface area contributed by atoms with Crippen molar-refractivity contribution in [2.75, 3.05) is 0 Å². The lowest BCUT2D eigenvalue weighted by molar-refractivity contribution is -0.102. The molecular formula is C22H22N6O3. The number of fused-ring (bicyclic) bond motifs is 1. The first-order chi connectivity index (χ1) is 15.0. The molecule has 31 heavy (non-hydrogen) atoms. The van der Waals surface area contributed by atoms with E-state index in [1.54, 1.807) is 23.1 Å². The second kappa shape index (κ2) is 7.47. The summed E-state index contributed by atoms with van der Waals surface area (Å²) >= 11 is 0. The van der Waals surface area contributed by atoms with Crippen molar-refractivity contribution in [2.24, 2.45) is 11.7 Å². The van der Waals surface area contributed by atoms with Crippen molar-refractivity contribution in [1.82, 2.24) is 24.7 Å². The second-order valence-corrected chi connectivity index (χ2v) is 7.91. The summed E-state index contributed by atoms with van der Waals surface area (Å²) in [6, 6.07) is 11.2. The molecule has 1 saturated carbocycles. The molecule has 1 aliphatic rings. The van der Waals surface area contributed by atoms with Gasteiger partial charge in [-0.2, -0.15) is 5.10 Å². The largest absolute Gasteiger partial charge is 0.393 e. The van der Waals surface area contributed by atoms with Crippen LogP contribution in [0.25, 0.3) is 28.0 Å². The average Bonchev–Trinajstić information content (AvgIpc) is 3.20. The molecule has 5 N–H and O–H groups in total. The first-order valence-electron chi connectivity index (χ1n) is 10.0. The highest BCUT2D eigenvalue weighted by Crippen LogP contribution is 2.39. The number of aliphatic hydroxyl groups excluding tert-OH is 2. The molecule has 9 heteroatoms. The molecule has 1 atom stereocenters. The van der Waals surface area contributed by atoms with Gasteiger partial charge in [0.25, 0.3) is 0 Å². The number of nitrogens with two attached hydrogens (primary N) is 1. The van der Waals surface area contributed by atoms with Crippen molar-refractivity contribution in [3.8, 4) is 17.1 Å². The maximum atomic E-state index is 10.8. The fraction of sp³-hybridized carbons (Fsp3) is 0.273. The summed E-state index contributed by atoms with van der Waals surface area (Å²) < 4.78 is 1.66. The van der Waals surface area contributed by atoms with Gasteiger partial charge in [-0.15, -0.1) is 0 Å². The van der Waals surface area contributed by atoms with Gasteiger partial charge in [-0.05, 0) is 31.0 Å². The minimum atomic E-state index is -1.60. The Morgan fingerprint density at radius 2 is 1.94 bits per heavy atom. The Bertz CT molecular complexity index is 1250. The third-order valence-electron chi connectivity index (χ3n) is 5.81. The predicted octanol–water partition coefficient (Wildman–Crippen LogP) is 1.24. The Balaban J connectivity index is 1.54. The number of aromatic nitrogens is 5. The Kier molecular flexibility index (Phi) is 4.75. The summed E-state index contributed by atoms with van der Waals surface area (Å²) in [6.07, 6.45) is 5.31. The highest BCUT2D eigenvalue weighted by atomic mass is 16.3. The van der Waals surface area contributed by atoms with Gasteiger partial charge in [-0.25, -0.2) is 14.6 Å². The van der Waals surface area contributed by atoms with Crippen molar-refractivity contribution in [3.05, 3.63) is 66.4 Å². The molecule has 1 aliphatic carbocycles. The maximum Gasteiger partial charge on any atom is 0.172 e. The van der Waals surface area contributed by atoms with Gasteiger partial charge < -0.3 is 15.3 Å². The molecular weight excluding hydrogens is 396 g/mol. The quantitative estimate of drug-likeness (QED) is 0.355. The summed E-state index contributed by atoms with van der Waals surface area (Å²) in [4.78, 5) is 13.1. The van der Waals surface area contributed by atoms with Gasteiger partial charge in [0.2, 0.25) is 0 Å². The highest BCUT2D eigenvalue weighted by molar-refractivity contribution is 5.84. The Hall–Kier alpha value is -3.24. The Morgan fingerprint density at radius 1 is 1.10 bits per heavy atom. The standard InChI is InChI=1S/C22H22N6O3/c23-22(31,15-7-17(30)8-15)20-3-1-2-18(27-20)13-4-5-14-9-25-28(19(14)6-13)21-11-24-10-16(12-29)26-21/h1-6,9-11,15,17,29-31H,7-8,12,23H2/t15?,17?,22-/m1/s1. The molecule has 0 radical (unpaired) electrons. The molecule has 0 saturated heterocycles. The highest BCUT2D eigenvalue weighted by Gasteiger charge is 2.43. The van der Waals surface area contributed by atoms with Crippen molar-refractivity contribution < 1.29 is 15.3 Å². The Labute approximate surface area is 177 Å². The van der Waals surface area contributed by atoms with Crippen LogP contribution in [0.3, 0.4) is 0 Å². The third-order valence-corrected chi connectivity index (χ3v) is 5.81. The molecule has 158 valence electrons. The fourth-order valence-electron chi connectivity index (χ4n) is 3.91. The van der Waals surface area contributed by atoms with Gasteiger partial charge in [-0.3, -0.25) is 10.7 Å². The molecule has 1 fully saturated rings. The summed E-state index contributed by atoms with van der Waals surface area (Å²) in [7, 11) is 0. The molecule has 4 aromatic rings. The van der Waals surface area contributed by atoms with Crippen LogP contribution in [-0.2, 0) is 12.3 Å². The van der Waals surface area contributed by atoms with E-state index in [1.807, 2.05) is 30.3 Å². The number of rotatable bonds is 5. The molecule has 5 rings (SSSR count). The normalized spacial score (nSPS) is 20.4. The van der Waals surface area contributed by atoms with Gasteiger partial charge >= 0.3 is 0 Å². The molecule has 0 spiro atoms. The summed E-state index contributed by atoms with van der Waals surface area (Å²) in [5.41, 5.74) is 7.71. The van der Waals surface area contributed by atoms with Crippen LogP contribution >= 0.6 is 0 Å². The lowest BCUT2D eigenvalue weighted by Gasteiger charge is -2.41. The molecule has 0 unspecified atom stereocenters. The molecule has 9 nitrogen and oxygen atoms in total. The fourth-order valence-corrected chi connectivity index (χ4v) is 3.91. The number of pyridine rings is 1. The monoisotopic (exact) mass is 418 g/mol. The minimum Gasteiger partial charge on any atom is -0.393 e. The zero-order valence-electron chi connectivity index (χ0n) is 16.6. The molecule has 3 aromatic heterocycles. The van der Waals surface area contributed by atoms with E-state index in [1.165, 1.54) is 6.20 Å². The summed E-state index contributed by atoms with van der Waals surface area (Å²) in [5.74, 6) is 0.270. The molecule has 0 aliphatic heterocycles. The van der Waals surface area contributed by atoms with Crippen LogP contribution < -0.4 is 5.73 Å². The number of hydrogen-bond acceptors (Lipinski definition) is 8. The van der Waals surface area contributed by atoms with Crippen LogP contribution in [-0.4, -0.2) is 46.2 Å². The van der Waals surface area contributed by atoms with Crippen LogP contribution in [0.4, 0.5) is 0 Å². The molecule has 1 aromatic carbocycles. The number of nitrogens with zero attached hydrogens (tertiary/aromatic N) is 5. The Morgan fingerprint density at radius 3 is 2.71 bits per heavy atom. The number of benzene rings is 1. The van der Waals surface area contributed by atoms with E-state index in [-0.39, 0.29) is 12.5 Å². The molecule has 0 amide bonds. The topological polar surface area (TPSA) is 143 Å². The van der Waals surface area contributed by atoms with Crippen molar-refractivity contribution in [1.29, 1.82) is 0 Å².